The molecule has 0 saturated carbocycles. The van der Waals surface area contributed by atoms with Crippen LogP contribution in [0, 0.1) is 0 Å². The van der Waals surface area contributed by atoms with Crippen LogP contribution in [-0.2, 0) is 4.79 Å². The Morgan fingerprint density at radius 2 is 1.13 bits per heavy atom. The topological polar surface area (TPSA) is 57.5 Å². The zero-order valence-electron chi connectivity index (χ0n) is 15.2. The summed E-state index contributed by atoms with van der Waals surface area (Å²) in [4.78, 5) is 10.3. The number of aliphatic hydroxyl groups is 1. The van der Waals surface area contributed by atoms with E-state index in [2.05, 4.69) is 6.92 Å². The minimum absolute atomic E-state index is 0.212. The fourth-order valence-corrected chi connectivity index (χ4v) is 2.47. The van der Waals surface area contributed by atoms with E-state index in [-0.39, 0.29) is 6.61 Å². The Hall–Kier alpha value is -0.280. The predicted octanol–water partition coefficient (Wildman–Crippen LogP) is 6.16. The summed E-state index contributed by atoms with van der Waals surface area (Å²) in [5.41, 5.74) is 0. The van der Waals surface area contributed by atoms with Crippen LogP contribution < -0.4 is 0 Å². The standard InChI is InChI=1S/C16H32O2.C3H7ClO/c1-2-3-4-5-6-7-8-9-10-11-12-13-14-15-16(17)18;4-2-1-3-5/h2-15H2,1H3,(H,17,18);5H,1-3H2. The summed E-state index contributed by atoms with van der Waals surface area (Å²) < 4.78 is 0. The van der Waals surface area contributed by atoms with Crippen LogP contribution in [0.5, 0.6) is 0 Å². The number of unbranched alkanes of at least 4 members (excludes halogenated alkanes) is 12. The van der Waals surface area contributed by atoms with Crippen LogP contribution in [0.3, 0.4) is 0 Å². The van der Waals surface area contributed by atoms with Crippen LogP contribution in [0.15, 0.2) is 0 Å². The quantitative estimate of drug-likeness (QED) is 0.259. The molecule has 0 radical (unpaired) electrons. The second kappa shape index (κ2) is 24.0. The minimum Gasteiger partial charge on any atom is -0.481 e. The molecular formula is C19H39ClO3. The summed E-state index contributed by atoms with van der Waals surface area (Å²) in [5.74, 6) is -0.0886. The average molecular weight is 351 g/mol. The van der Waals surface area contributed by atoms with Crippen LogP contribution in [0.25, 0.3) is 0 Å². The molecule has 0 amide bonds. The molecule has 0 aliphatic heterocycles. The third-order valence-corrected chi connectivity index (χ3v) is 4.05. The zero-order valence-corrected chi connectivity index (χ0v) is 16.0. The monoisotopic (exact) mass is 350 g/mol. The third kappa shape index (κ3) is 30.2. The smallest absolute Gasteiger partial charge is 0.303 e. The molecule has 0 unspecified atom stereocenters. The van der Waals surface area contributed by atoms with Gasteiger partial charge in [0.2, 0.25) is 0 Å². The Morgan fingerprint density at radius 3 is 1.39 bits per heavy atom. The molecule has 2 N–H and O–H groups in total. The van der Waals surface area contributed by atoms with Gasteiger partial charge in [0, 0.05) is 18.9 Å². The van der Waals surface area contributed by atoms with Gasteiger partial charge in [-0.2, -0.15) is 0 Å². The lowest BCUT2D eigenvalue weighted by atomic mass is 10.0. The maximum Gasteiger partial charge on any atom is 0.303 e. The van der Waals surface area contributed by atoms with E-state index in [0.29, 0.717) is 18.7 Å². The zero-order chi connectivity index (χ0) is 17.6. The lowest BCUT2D eigenvalue weighted by molar-refractivity contribution is -0.137. The van der Waals surface area contributed by atoms with Gasteiger partial charge in [0.05, 0.1) is 0 Å². The number of halogens is 1. The van der Waals surface area contributed by atoms with Gasteiger partial charge in [-0.05, 0) is 12.8 Å². The van der Waals surface area contributed by atoms with Gasteiger partial charge in [-0.3, -0.25) is 4.79 Å². The third-order valence-electron chi connectivity index (χ3n) is 3.79. The number of carbonyl (C=O) groups is 1. The first-order chi connectivity index (χ1) is 11.2. The van der Waals surface area contributed by atoms with Gasteiger partial charge in [0.15, 0.2) is 0 Å². The average Bonchev–Trinajstić information content (AvgIpc) is 2.53. The first kappa shape index (κ1) is 25.0. The molecule has 0 saturated heterocycles. The van der Waals surface area contributed by atoms with Crippen molar-refractivity contribution < 1.29 is 15.0 Å². The Balaban J connectivity index is 0. The van der Waals surface area contributed by atoms with Crippen molar-refractivity contribution in [3.8, 4) is 0 Å². The van der Waals surface area contributed by atoms with Crippen LogP contribution >= 0.6 is 11.6 Å². The number of rotatable bonds is 16. The molecule has 23 heavy (non-hydrogen) atoms. The van der Waals surface area contributed by atoms with Crippen molar-refractivity contribution >= 4 is 17.6 Å². The summed E-state index contributed by atoms with van der Waals surface area (Å²) in [6.07, 6.45) is 18.0. The lowest BCUT2D eigenvalue weighted by Gasteiger charge is -2.02. The molecule has 0 spiro atoms. The largest absolute Gasteiger partial charge is 0.481 e. The first-order valence-corrected chi connectivity index (χ1v) is 10.1. The summed E-state index contributed by atoms with van der Waals surface area (Å²) in [6.45, 7) is 2.47. The molecule has 4 heteroatoms. The van der Waals surface area contributed by atoms with Crippen LogP contribution in [0.4, 0.5) is 0 Å². The number of carboxylic acid groups (broad SMARTS) is 1. The fraction of sp³-hybridized carbons (Fsp3) is 0.947. The Morgan fingerprint density at radius 1 is 0.739 bits per heavy atom. The number of alkyl halides is 1. The van der Waals surface area contributed by atoms with E-state index >= 15 is 0 Å². The van der Waals surface area contributed by atoms with Gasteiger partial charge in [0.25, 0.3) is 0 Å². The Kier molecular flexibility index (Phi) is 26.0. The van der Waals surface area contributed by atoms with Gasteiger partial charge in [-0.1, -0.05) is 84.0 Å². The van der Waals surface area contributed by atoms with E-state index in [9.17, 15) is 4.79 Å². The molecule has 0 aromatic heterocycles. The van der Waals surface area contributed by atoms with E-state index in [4.69, 9.17) is 21.8 Å². The molecule has 0 aromatic rings. The Labute approximate surface area is 148 Å². The molecule has 0 rings (SSSR count). The second-order valence-electron chi connectivity index (χ2n) is 6.15. The normalized spacial score (nSPS) is 10.2. The predicted molar refractivity (Wildman–Crippen MR) is 100 cm³/mol. The maximum atomic E-state index is 10.3. The van der Waals surface area contributed by atoms with E-state index in [1.807, 2.05) is 0 Å². The number of aliphatic carboxylic acids is 1. The molecule has 0 atom stereocenters. The minimum atomic E-state index is -0.655. The highest BCUT2D eigenvalue weighted by atomic mass is 35.5. The fourth-order valence-electron chi connectivity index (χ4n) is 2.35. The highest BCUT2D eigenvalue weighted by molar-refractivity contribution is 6.17. The molecule has 140 valence electrons. The van der Waals surface area contributed by atoms with Crippen molar-refractivity contribution in [2.45, 2.75) is 103 Å². The number of hydrogen-bond acceptors (Lipinski definition) is 2. The van der Waals surface area contributed by atoms with Crippen molar-refractivity contribution in [2.75, 3.05) is 12.5 Å². The summed E-state index contributed by atoms with van der Waals surface area (Å²) in [6, 6.07) is 0. The number of carboxylic acids is 1. The van der Waals surface area contributed by atoms with Gasteiger partial charge < -0.3 is 10.2 Å². The molecule has 0 aliphatic carbocycles. The maximum absolute atomic E-state index is 10.3. The van der Waals surface area contributed by atoms with Crippen molar-refractivity contribution in [1.29, 1.82) is 0 Å². The van der Waals surface area contributed by atoms with Crippen LogP contribution in [0.2, 0.25) is 0 Å². The molecule has 3 nitrogen and oxygen atoms in total. The van der Waals surface area contributed by atoms with Crippen molar-refractivity contribution in [3.63, 3.8) is 0 Å². The van der Waals surface area contributed by atoms with Crippen molar-refractivity contribution in [1.82, 2.24) is 0 Å². The Bertz CT molecular complexity index is 221. The highest BCUT2D eigenvalue weighted by Crippen LogP contribution is 2.12. The van der Waals surface area contributed by atoms with Crippen molar-refractivity contribution in [2.24, 2.45) is 0 Å². The first-order valence-electron chi connectivity index (χ1n) is 9.57. The van der Waals surface area contributed by atoms with E-state index in [1.165, 1.54) is 70.6 Å². The van der Waals surface area contributed by atoms with Crippen LogP contribution in [0.1, 0.15) is 103 Å². The molecule has 0 aromatic carbocycles. The molecule has 0 bridgehead atoms. The summed E-state index contributed by atoms with van der Waals surface area (Å²) in [7, 11) is 0. The summed E-state index contributed by atoms with van der Waals surface area (Å²) in [5, 5.41) is 16.5. The number of aliphatic hydroxyl groups excluding tert-OH is 1. The van der Waals surface area contributed by atoms with Crippen LogP contribution in [-0.4, -0.2) is 28.7 Å². The second-order valence-corrected chi connectivity index (χ2v) is 6.53. The van der Waals surface area contributed by atoms with Gasteiger partial charge in [-0.15, -0.1) is 11.6 Å². The molecule has 0 aliphatic rings. The van der Waals surface area contributed by atoms with E-state index in [0.717, 1.165) is 12.8 Å². The SMILES string of the molecule is CCCCCCCCCCCCCCCC(=O)O.OCCCCl. The van der Waals surface area contributed by atoms with Gasteiger partial charge >= 0.3 is 5.97 Å². The number of hydrogen-bond donors (Lipinski definition) is 2. The highest BCUT2D eigenvalue weighted by Gasteiger charge is 1.96. The van der Waals surface area contributed by atoms with Crippen molar-refractivity contribution in [3.05, 3.63) is 0 Å². The van der Waals surface area contributed by atoms with E-state index in [1.54, 1.807) is 0 Å². The van der Waals surface area contributed by atoms with Gasteiger partial charge in [-0.25, -0.2) is 0 Å². The lowest BCUT2D eigenvalue weighted by Crippen LogP contribution is -1.93. The molecule has 0 heterocycles. The molecule has 0 fully saturated rings. The molecular weight excluding hydrogens is 312 g/mol. The van der Waals surface area contributed by atoms with E-state index < -0.39 is 5.97 Å². The summed E-state index contributed by atoms with van der Waals surface area (Å²) >= 11 is 5.14. The van der Waals surface area contributed by atoms with Gasteiger partial charge in [0.1, 0.15) is 0 Å².